The Bertz CT molecular complexity index is 495. The van der Waals surface area contributed by atoms with E-state index in [1.54, 1.807) is 17.5 Å². The number of pyridine rings is 1. The van der Waals surface area contributed by atoms with Gasteiger partial charge >= 0.3 is 0 Å². The van der Waals surface area contributed by atoms with Crippen molar-refractivity contribution in [3.8, 4) is 0 Å². The van der Waals surface area contributed by atoms with E-state index in [0.29, 0.717) is 12.7 Å². The molecule has 0 aromatic carbocycles. The van der Waals surface area contributed by atoms with Gasteiger partial charge in [0, 0.05) is 37.4 Å². The molecule has 1 saturated heterocycles. The molecule has 1 aliphatic heterocycles. The summed E-state index contributed by atoms with van der Waals surface area (Å²) < 4.78 is 5.97. The van der Waals surface area contributed by atoms with Crippen molar-refractivity contribution in [2.24, 2.45) is 0 Å². The fourth-order valence-electron chi connectivity index (χ4n) is 2.48. The number of hydrogen-bond acceptors (Lipinski definition) is 5. The maximum atomic E-state index is 5.97. The van der Waals surface area contributed by atoms with Gasteiger partial charge in [0.05, 0.1) is 23.9 Å². The van der Waals surface area contributed by atoms with E-state index in [1.807, 2.05) is 17.8 Å². The summed E-state index contributed by atoms with van der Waals surface area (Å²) in [6.45, 7) is 3.83. The third-order valence-electron chi connectivity index (χ3n) is 3.61. The van der Waals surface area contributed by atoms with Crippen LogP contribution in [0.5, 0.6) is 0 Å². The van der Waals surface area contributed by atoms with Gasteiger partial charge in [-0.15, -0.1) is 11.3 Å². The van der Waals surface area contributed by atoms with Crippen LogP contribution in [0.15, 0.2) is 35.4 Å². The normalized spacial score (nSPS) is 17.4. The second-order valence-corrected chi connectivity index (χ2v) is 5.85. The van der Waals surface area contributed by atoms with E-state index in [2.05, 4.69) is 26.3 Å². The molecule has 1 fully saturated rings. The molecule has 4 nitrogen and oxygen atoms in total. The van der Waals surface area contributed by atoms with Crippen LogP contribution in [0.3, 0.4) is 0 Å². The zero-order chi connectivity index (χ0) is 13.6. The van der Waals surface area contributed by atoms with Crippen LogP contribution in [0.25, 0.3) is 0 Å². The lowest BCUT2D eigenvalue weighted by atomic mass is 10.1. The van der Waals surface area contributed by atoms with Gasteiger partial charge in [0.1, 0.15) is 0 Å². The maximum Gasteiger partial charge on any atom is 0.0795 e. The Morgan fingerprint density at radius 3 is 2.95 bits per heavy atom. The average molecular weight is 289 g/mol. The first-order chi connectivity index (χ1) is 9.90. The molecule has 20 heavy (non-hydrogen) atoms. The summed E-state index contributed by atoms with van der Waals surface area (Å²) in [5, 5.41) is 2.13. The highest BCUT2D eigenvalue weighted by molar-refractivity contribution is 7.07. The maximum absolute atomic E-state index is 5.97. The molecule has 5 heteroatoms. The lowest BCUT2D eigenvalue weighted by Crippen LogP contribution is -2.36. The van der Waals surface area contributed by atoms with Crippen LogP contribution in [0.2, 0.25) is 0 Å². The number of likely N-dealkylation sites (tertiary alicyclic amines) is 1. The van der Waals surface area contributed by atoms with Gasteiger partial charge in [-0.05, 0) is 24.5 Å². The van der Waals surface area contributed by atoms with Crippen molar-refractivity contribution in [3.63, 3.8) is 0 Å². The Hall–Kier alpha value is -1.30. The number of piperidine rings is 1. The van der Waals surface area contributed by atoms with Crippen LogP contribution >= 0.6 is 11.3 Å². The van der Waals surface area contributed by atoms with Gasteiger partial charge in [0.2, 0.25) is 0 Å². The van der Waals surface area contributed by atoms with E-state index >= 15 is 0 Å². The molecule has 0 spiro atoms. The van der Waals surface area contributed by atoms with Crippen LogP contribution in [0.4, 0.5) is 0 Å². The highest BCUT2D eigenvalue weighted by Gasteiger charge is 2.20. The largest absolute Gasteiger partial charge is 0.373 e. The summed E-state index contributed by atoms with van der Waals surface area (Å²) in [4.78, 5) is 10.9. The third-order valence-corrected chi connectivity index (χ3v) is 4.25. The molecule has 0 aliphatic carbocycles. The van der Waals surface area contributed by atoms with E-state index in [-0.39, 0.29) is 0 Å². The monoisotopic (exact) mass is 289 g/mol. The summed E-state index contributed by atoms with van der Waals surface area (Å²) in [5.74, 6) is 0. The Morgan fingerprint density at radius 1 is 1.35 bits per heavy atom. The average Bonchev–Trinajstić information content (AvgIpc) is 3.01. The van der Waals surface area contributed by atoms with Gasteiger partial charge in [-0.25, -0.2) is 4.98 Å². The zero-order valence-electron chi connectivity index (χ0n) is 11.4. The van der Waals surface area contributed by atoms with Gasteiger partial charge in [-0.3, -0.25) is 9.88 Å². The molecule has 2 aromatic heterocycles. The van der Waals surface area contributed by atoms with Crippen molar-refractivity contribution >= 4 is 11.3 Å². The first-order valence-corrected chi connectivity index (χ1v) is 7.94. The van der Waals surface area contributed by atoms with E-state index in [0.717, 1.165) is 38.0 Å². The molecule has 0 N–H and O–H groups in total. The fraction of sp³-hybridized carbons (Fsp3) is 0.467. The molecule has 0 radical (unpaired) electrons. The smallest absolute Gasteiger partial charge is 0.0795 e. The van der Waals surface area contributed by atoms with Crippen LogP contribution in [0.1, 0.15) is 24.1 Å². The number of aromatic nitrogens is 2. The van der Waals surface area contributed by atoms with Gasteiger partial charge in [0.25, 0.3) is 0 Å². The fourth-order valence-corrected chi connectivity index (χ4v) is 3.03. The van der Waals surface area contributed by atoms with Crippen LogP contribution < -0.4 is 0 Å². The Kier molecular flexibility index (Phi) is 4.73. The van der Waals surface area contributed by atoms with Crippen LogP contribution in [0, 0.1) is 0 Å². The number of thiazole rings is 1. The molecule has 0 amide bonds. The van der Waals surface area contributed by atoms with E-state index in [1.165, 1.54) is 5.69 Å². The van der Waals surface area contributed by atoms with Gasteiger partial charge in [-0.2, -0.15) is 0 Å². The first kappa shape index (κ1) is 13.7. The molecule has 0 atom stereocenters. The standard InChI is InChI=1S/C15H19N3OS/c1-2-13(8-16-5-1)10-19-15-3-6-18(7-4-15)9-14-11-20-12-17-14/h1-2,5,8,11-12,15H,3-4,6-7,9-10H2. The minimum absolute atomic E-state index is 0.377. The van der Waals surface area contributed by atoms with Gasteiger partial charge in [-0.1, -0.05) is 6.07 Å². The quantitative estimate of drug-likeness (QED) is 0.848. The second-order valence-electron chi connectivity index (χ2n) is 5.13. The topological polar surface area (TPSA) is 38.2 Å². The third kappa shape index (κ3) is 3.85. The summed E-state index contributed by atoms with van der Waals surface area (Å²) in [5.41, 5.74) is 4.24. The predicted molar refractivity (Wildman–Crippen MR) is 79.4 cm³/mol. The Balaban J connectivity index is 1.40. The minimum Gasteiger partial charge on any atom is -0.373 e. The molecule has 0 unspecified atom stereocenters. The summed E-state index contributed by atoms with van der Waals surface area (Å²) in [6.07, 6.45) is 6.24. The van der Waals surface area contributed by atoms with E-state index in [9.17, 15) is 0 Å². The summed E-state index contributed by atoms with van der Waals surface area (Å²) in [6, 6.07) is 4.01. The molecule has 2 aromatic rings. The highest BCUT2D eigenvalue weighted by Crippen LogP contribution is 2.17. The second kappa shape index (κ2) is 6.92. The number of hydrogen-bond donors (Lipinski definition) is 0. The van der Waals surface area contributed by atoms with Crippen molar-refractivity contribution in [2.45, 2.75) is 32.1 Å². The Morgan fingerprint density at radius 2 is 2.25 bits per heavy atom. The molecular formula is C15H19N3OS. The lowest BCUT2D eigenvalue weighted by Gasteiger charge is -2.31. The molecule has 3 heterocycles. The molecule has 1 aliphatic rings. The predicted octanol–water partition coefficient (Wildman–Crippen LogP) is 2.72. The molecule has 3 rings (SSSR count). The molecule has 106 valence electrons. The van der Waals surface area contributed by atoms with E-state index < -0.39 is 0 Å². The number of nitrogens with zero attached hydrogens (tertiary/aromatic N) is 3. The van der Waals surface area contributed by atoms with Crippen molar-refractivity contribution in [1.29, 1.82) is 0 Å². The number of rotatable bonds is 5. The zero-order valence-corrected chi connectivity index (χ0v) is 12.3. The first-order valence-electron chi connectivity index (χ1n) is 7.00. The highest BCUT2D eigenvalue weighted by atomic mass is 32.1. The van der Waals surface area contributed by atoms with Crippen LogP contribution in [-0.2, 0) is 17.9 Å². The Labute approximate surface area is 123 Å². The summed E-state index contributed by atoms with van der Waals surface area (Å²) in [7, 11) is 0. The SMILES string of the molecule is c1cncc(COC2CCN(Cc3cscn3)CC2)c1. The van der Waals surface area contributed by atoms with Crippen molar-refractivity contribution in [1.82, 2.24) is 14.9 Å². The van der Waals surface area contributed by atoms with Crippen molar-refractivity contribution in [3.05, 3.63) is 46.7 Å². The molecule has 0 saturated carbocycles. The summed E-state index contributed by atoms with van der Waals surface area (Å²) >= 11 is 1.67. The van der Waals surface area contributed by atoms with Gasteiger partial charge in [0.15, 0.2) is 0 Å². The molecule has 0 bridgehead atoms. The lowest BCUT2D eigenvalue weighted by molar-refractivity contribution is -0.00421. The minimum atomic E-state index is 0.377. The van der Waals surface area contributed by atoms with Crippen molar-refractivity contribution in [2.75, 3.05) is 13.1 Å². The van der Waals surface area contributed by atoms with Gasteiger partial charge < -0.3 is 4.74 Å². The van der Waals surface area contributed by atoms with Crippen molar-refractivity contribution < 1.29 is 4.74 Å². The van der Waals surface area contributed by atoms with E-state index in [4.69, 9.17) is 4.74 Å². The number of ether oxygens (including phenoxy) is 1. The van der Waals surface area contributed by atoms with Crippen LogP contribution in [-0.4, -0.2) is 34.1 Å². The molecular weight excluding hydrogens is 270 g/mol.